The maximum Gasteiger partial charge on any atom is 0.404 e. The third kappa shape index (κ3) is 5.46. The van der Waals surface area contributed by atoms with Crippen LogP contribution in [0.25, 0.3) is 16.2 Å². The van der Waals surface area contributed by atoms with Crippen LogP contribution in [0.2, 0.25) is 0 Å². The number of carbonyl (C=O) groups excluding carboxylic acids is 1. The number of rotatable bonds is 8. The molecule has 2 aliphatic rings. The molecule has 2 fully saturated rings. The molecule has 10 nitrogen and oxygen atoms in total. The topological polar surface area (TPSA) is 125 Å². The van der Waals surface area contributed by atoms with Crippen LogP contribution < -0.4 is 10.6 Å². The second-order valence-corrected chi connectivity index (χ2v) is 11.2. The summed E-state index contributed by atoms with van der Waals surface area (Å²) in [6.07, 6.45) is 8.67. The molecule has 4 heterocycles. The second-order valence-electron chi connectivity index (χ2n) is 10.4. The Bertz CT molecular complexity index is 1220. The van der Waals surface area contributed by atoms with Gasteiger partial charge in [-0.3, -0.25) is 10.1 Å². The van der Waals surface area contributed by atoms with Crippen LogP contribution in [0.5, 0.6) is 0 Å². The molecule has 1 saturated carbocycles. The predicted octanol–water partition coefficient (Wildman–Crippen LogP) is 3.47. The number of amides is 2. The molecule has 3 aromatic rings. The van der Waals surface area contributed by atoms with Gasteiger partial charge in [-0.2, -0.15) is 5.10 Å². The first-order valence-corrected chi connectivity index (χ1v) is 12.9. The average molecular weight is 498 g/mol. The molecule has 35 heavy (non-hydrogen) atoms. The van der Waals surface area contributed by atoms with Crippen molar-refractivity contribution in [2.75, 3.05) is 13.1 Å². The Morgan fingerprint density at radius 1 is 1.29 bits per heavy atom. The highest BCUT2D eigenvalue weighted by Crippen LogP contribution is 2.40. The van der Waals surface area contributed by atoms with E-state index in [1.54, 1.807) is 39.2 Å². The Labute approximate surface area is 207 Å². The molecule has 2 amide bonds. The van der Waals surface area contributed by atoms with Gasteiger partial charge in [0, 0.05) is 43.3 Å². The van der Waals surface area contributed by atoms with Crippen LogP contribution in [-0.4, -0.2) is 66.9 Å². The third-order valence-electron chi connectivity index (χ3n) is 6.79. The Kier molecular flexibility index (Phi) is 6.45. The summed E-state index contributed by atoms with van der Waals surface area (Å²) in [5.74, 6) is 1.08. The first-order chi connectivity index (χ1) is 16.8. The van der Waals surface area contributed by atoms with E-state index in [1.807, 2.05) is 11.6 Å². The Morgan fingerprint density at radius 2 is 2.11 bits per heavy atom. The van der Waals surface area contributed by atoms with E-state index in [9.17, 15) is 14.7 Å². The molecule has 0 spiro atoms. The number of aromatic nitrogens is 4. The fourth-order valence-corrected chi connectivity index (χ4v) is 5.70. The zero-order chi connectivity index (χ0) is 24.6. The number of nitrogens with one attached hydrogen (secondary N) is 2. The molecule has 11 heteroatoms. The van der Waals surface area contributed by atoms with Crippen molar-refractivity contribution in [2.45, 2.75) is 58.2 Å². The van der Waals surface area contributed by atoms with Gasteiger partial charge in [-0.1, -0.05) is 26.7 Å². The van der Waals surface area contributed by atoms with E-state index in [0.717, 1.165) is 29.3 Å². The number of carboxylic acid groups (broad SMARTS) is 1. The van der Waals surface area contributed by atoms with E-state index >= 15 is 0 Å². The molecule has 3 aromatic heterocycles. The minimum Gasteiger partial charge on any atom is -0.465 e. The second kappa shape index (κ2) is 9.54. The van der Waals surface area contributed by atoms with Crippen LogP contribution in [0.4, 0.5) is 4.79 Å². The molecule has 0 bridgehead atoms. The van der Waals surface area contributed by atoms with Gasteiger partial charge in [-0.25, -0.2) is 19.3 Å². The summed E-state index contributed by atoms with van der Waals surface area (Å²) in [6.45, 7) is 5.68. The molecular weight excluding hydrogens is 466 g/mol. The quantitative estimate of drug-likeness (QED) is 0.435. The van der Waals surface area contributed by atoms with E-state index in [-0.39, 0.29) is 23.5 Å². The van der Waals surface area contributed by atoms with Crippen molar-refractivity contribution in [2.24, 2.45) is 11.3 Å². The van der Waals surface area contributed by atoms with E-state index in [0.29, 0.717) is 30.9 Å². The SMILES string of the molecule is CC(C)(CNC1CC(NC(=O)O)CCN1C(=O)c1ccnc(-c2cnn3ccsc23)n1)CC1CC1. The van der Waals surface area contributed by atoms with Crippen LogP contribution >= 0.6 is 11.3 Å². The summed E-state index contributed by atoms with van der Waals surface area (Å²) in [5.41, 5.74) is 1.20. The molecule has 2 unspecified atom stereocenters. The maximum absolute atomic E-state index is 13.6. The molecule has 1 aliphatic heterocycles. The number of likely N-dealkylation sites (tertiary alicyclic amines) is 1. The number of hydrogen-bond donors (Lipinski definition) is 3. The van der Waals surface area contributed by atoms with Crippen LogP contribution in [0, 0.1) is 11.3 Å². The molecule has 5 rings (SSSR count). The Balaban J connectivity index is 1.35. The highest BCUT2D eigenvalue weighted by Gasteiger charge is 2.36. The first-order valence-electron chi connectivity index (χ1n) is 12.1. The van der Waals surface area contributed by atoms with E-state index in [4.69, 9.17) is 0 Å². The molecule has 0 aromatic carbocycles. The number of carbonyl (C=O) groups is 2. The largest absolute Gasteiger partial charge is 0.465 e. The standard InChI is InChI=1S/C24H31N7O3S/c1-24(2,12-15-3-4-15)14-26-19-11-16(28-23(33)34)6-8-30(19)21(32)18-5-7-25-20(29-18)17-13-27-31-9-10-35-22(17)31/h5,7,9-10,13,15-16,19,26,28H,3-4,6,8,11-12,14H2,1-2H3,(H,33,34). The first kappa shape index (κ1) is 23.7. The summed E-state index contributed by atoms with van der Waals surface area (Å²) in [5, 5.41) is 21.7. The fraction of sp³-hybridized carbons (Fsp3) is 0.542. The van der Waals surface area contributed by atoms with Crippen molar-refractivity contribution >= 4 is 28.2 Å². The lowest BCUT2D eigenvalue weighted by molar-refractivity contribution is 0.0489. The van der Waals surface area contributed by atoms with E-state index < -0.39 is 6.09 Å². The monoisotopic (exact) mass is 497 g/mol. The zero-order valence-corrected chi connectivity index (χ0v) is 20.8. The summed E-state index contributed by atoms with van der Waals surface area (Å²) in [4.78, 5) is 36.6. The normalized spacial score (nSPS) is 20.8. The number of hydrogen-bond acceptors (Lipinski definition) is 7. The number of fused-ring (bicyclic) bond motifs is 1. The van der Waals surface area contributed by atoms with Gasteiger partial charge in [-0.05, 0) is 30.2 Å². The minimum absolute atomic E-state index is 0.0969. The van der Waals surface area contributed by atoms with Gasteiger partial charge in [0.1, 0.15) is 10.5 Å². The molecule has 2 atom stereocenters. The van der Waals surface area contributed by atoms with Crippen molar-refractivity contribution in [3.8, 4) is 11.4 Å². The molecule has 1 aliphatic carbocycles. The van der Waals surface area contributed by atoms with E-state index in [2.05, 4.69) is 39.5 Å². The van der Waals surface area contributed by atoms with Crippen molar-refractivity contribution in [1.82, 2.24) is 35.1 Å². The van der Waals surface area contributed by atoms with Gasteiger partial charge < -0.3 is 15.3 Å². The van der Waals surface area contributed by atoms with Gasteiger partial charge in [0.2, 0.25) is 0 Å². The van der Waals surface area contributed by atoms with Gasteiger partial charge in [0.05, 0.1) is 17.9 Å². The van der Waals surface area contributed by atoms with Crippen molar-refractivity contribution in [3.05, 3.63) is 35.7 Å². The average Bonchev–Trinajstić information content (AvgIpc) is 3.33. The smallest absolute Gasteiger partial charge is 0.404 e. The Hall–Kier alpha value is -3.05. The molecule has 3 N–H and O–H groups in total. The maximum atomic E-state index is 13.6. The van der Waals surface area contributed by atoms with E-state index in [1.165, 1.54) is 12.8 Å². The molecular formula is C24H31N7O3S. The van der Waals surface area contributed by atoms with Gasteiger partial charge in [0.15, 0.2) is 5.82 Å². The lowest BCUT2D eigenvalue weighted by Gasteiger charge is -2.41. The minimum atomic E-state index is -1.04. The van der Waals surface area contributed by atoms with Crippen molar-refractivity contribution < 1.29 is 14.7 Å². The number of thiazole rings is 1. The third-order valence-corrected chi connectivity index (χ3v) is 7.68. The Morgan fingerprint density at radius 3 is 2.89 bits per heavy atom. The van der Waals surface area contributed by atoms with Crippen LogP contribution in [0.15, 0.2) is 30.0 Å². The van der Waals surface area contributed by atoms with Gasteiger partial charge in [0.25, 0.3) is 5.91 Å². The van der Waals surface area contributed by atoms with Gasteiger partial charge in [-0.15, -0.1) is 11.3 Å². The molecule has 186 valence electrons. The highest BCUT2D eigenvalue weighted by molar-refractivity contribution is 7.16. The molecule has 0 radical (unpaired) electrons. The van der Waals surface area contributed by atoms with Crippen LogP contribution in [0.1, 0.15) is 56.4 Å². The number of nitrogens with zero attached hydrogens (tertiary/aromatic N) is 5. The van der Waals surface area contributed by atoms with Crippen LogP contribution in [0.3, 0.4) is 0 Å². The molecule has 1 saturated heterocycles. The predicted molar refractivity (Wildman–Crippen MR) is 132 cm³/mol. The summed E-state index contributed by atoms with van der Waals surface area (Å²) < 4.78 is 1.77. The van der Waals surface area contributed by atoms with Crippen LogP contribution in [-0.2, 0) is 0 Å². The summed E-state index contributed by atoms with van der Waals surface area (Å²) in [7, 11) is 0. The van der Waals surface area contributed by atoms with Gasteiger partial charge >= 0.3 is 6.09 Å². The lowest BCUT2D eigenvalue weighted by atomic mass is 9.86. The highest BCUT2D eigenvalue weighted by atomic mass is 32.1. The lowest BCUT2D eigenvalue weighted by Crippen LogP contribution is -2.58. The summed E-state index contributed by atoms with van der Waals surface area (Å²) in [6, 6.07) is 1.43. The fourth-order valence-electron chi connectivity index (χ4n) is 4.91. The summed E-state index contributed by atoms with van der Waals surface area (Å²) >= 11 is 1.54. The zero-order valence-electron chi connectivity index (χ0n) is 20.0. The van der Waals surface area contributed by atoms with Crippen molar-refractivity contribution in [1.29, 1.82) is 0 Å². The number of piperidine rings is 1. The van der Waals surface area contributed by atoms with Crippen molar-refractivity contribution in [3.63, 3.8) is 0 Å².